The van der Waals surface area contributed by atoms with Crippen LogP contribution in [-0.4, -0.2) is 17.5 Å². The summed E-state index contributed by atoms with van der Waals surface area (Å²) in [5.74, 6) is 0.777. The number of amidine groups is 1. The average Bonchev–Trinajstić information content (AvgIpc) is 3.37. The summed E-state index contributed by atoms with van der Waals surface area (Å²) in [6, 6.07) is 22.1. The SMILES string of the molecule is O[C@H](CNC1=NO[C@@H](c2cc(-c3ccccc3)cs2)C1)c1ccccc1. The van der Waals surface area contributed by atoms with Crippen LogP contribution in [0.1, 0.15) is 29.1 Å². The first-order chi connectivity index (χ1) is 12.8. The number of nitrogens with zero attached hydrogens (tertiary/aromatic N) is 1. The highest BCUT2D eigenvalue weighted by molar-refractivity contribution is 7.10. The number of aliphatic hydroxyl groups is 1. The van der Waals surface area contributed by atoms with Crippen LogP contribution in [0.5, 0.6) is 0 Å². The van der Waals surface area contributed by atoms with Gasteiger partial charge in [-0.25, -0.2) is 0 Å². The standard InChI is InChI=1S/C21H20N2O2S/c24-18(16-9-5-2-6-10-16)13-22-21-12-19(25-23-21)20-11-17(14-26-20)15-7-3-1-4-8-15/h1-11,14,18-19,24H,12-13H2,(H,22,23)/t18-,19-/m1/s1. The summed E-state index contributed by atoms with van der Waals surface area (Å²) < 4.78 is 0. The molecule has 0 saturated carbocycles. The largest absolute Gasteiger partial charge is 0.387 e. The zero-order chi connectivity index (χ0) is 17.8. The first kappa shape index (κ1) is 16.8. The van der Waals surface area contributed by atoms with Gasteiger partial charge in [0.25, 0.3) is 0 Å². The van der Waals surface area contributed by atoms with E-state index in [0.29, 0.717) is 13.0 Å². The Balaban J connectivity index is 1.33. The van der Waals surface area contributed by atoms with Crippen molar-refractivity contribution in [3.8, 4) is 11.1 Å². The Morgan fingerprint density at radius 2 is 1.81 bits per heavy atom. The fourth-order valence-corrected chi connectivity index (χ4v) is 3.89. The molecule has 2 N–H and O–H groups in total. The van der Waals surface area contributed by atoms with Gasteiger partial charge in [-0.2, -0.15) is 0 Å². The summed E-state index contributed by atoms with van der Waals surface area (Å²) in [6.45, 7) is 0.415. The van der Waals surface area contributed by atoms with Gasteiger partial charge in [0.05, 0.1) is 12.5 Å². The Hall–Kier alpha value is -2.63. The lowest BCUT2D eigenvalue weighted by molar-refractivity contribution is 0.0883. The number of benzene rings is 2. The van der Waals surface area contributed by atoms with Crippen molar-refractivity contribution in [3.63, 3.8) is 0 Å². The molecular formula is C21H20N2O2S. The van der Waals surface area contributed by atoms with E-state index in [1.54, 1.807) is 11.3 Å². The molecule has 0 spiro atoms. The van der Waals surface area contributed by atoms with Gasteiger partial charge in [-0.15, -0.1) is 11.3 Å². The molecule has 0 radical (unpaired) electrons. The molecule has 0 amide bonds. The number of thiophene rings is 1. The fourth-order valence-electron chi connectivity index (χ4n) is 2.95. The maximum atomic E-state index is 10.2. The van der Waals surface area contributed by atoms with Crippen LogP contribution in [0, 0.1) is 0 Å². The lowest BCUT2D eigenvalue weighted by Gasteiger charge is -2.12. The van der Waals surface area contributed by atoms with E-state index in [1.165, 1.54) is 11.1 Å². The van der Waals surface area contributed by atoms with Crippen LogP contribution < -0.4 is 5.32 Å². The molecular weight excluding hydrogens is 344 g/mol. The Bertz CT molecular complexity index is 877. The van der Waals surface area contributed by atoms with Gasteiger partial charge in [0, 0.05) is 11.4 Å². The fraction of sp³-hybridized carbons (Fsp3) is 0.190. The van der Waals surface area contributed by atoms with Gasteiger partial charge in [-0.3, -0.25) is 0 Å². The highest BCUT2D eigenvalue weighted by Crippen LogP contribution is 2.34. The minimum absolute atomic E-state index is 0.0613. The highest BCUT2D eigenvalue weighted by atomic mass is 32.1. The van der Waals surface area contributed by atoms with Gasteiger partial charge in [0.2, 0.25) is 0 Å². The van der Waals surface area contributed by atoms with E-state index in [0.717, 1.165) is 16.3 Å². The lowest BCUT2D eigenvalue weighted by Crippen LogP contribution is -2.27. The van der Waals surface area contributed by atoms with Crippen LogP contribution in [0.15, 0.2) is 77.3 Å². The van der Waals surface area contributed by atoms with Crippen molar-refractivity contribution in [2.45, 2.75) is 18.6 Å². The predicted octanol–water partition coefficient (Wildman–Crippen LogP) is 4.51. The van der Waals surface area contributed by atoms with E-state index in [9.17, 15) is 5.11 Å². The van der Waals surface area contributed by atoms with Crippen molar-refractivity contribution < 1.29 is 9.94 Å². The van der Waals surface area contributed by atoms with Crippen molar-refractivity contribution in [1.29, 1.82) is 0 Å². The number of hydrogen-bond donors (Lipinski definition) is 2. The molecule has 5 heteroatoms. The molecule has 0 aliphatic carbocycles. The second kappa shape index (κ2) is 7.72. The highest BCUT2D eigenvalue weighted by Gasteiger charge is 2.25. The first-order valence-electron chi connectivity index (χ1n) is 8.63. The summed E-state index contributed by atoms with van der Waals surface area (Å²) in [6.07, 6.45) is 0.0641. The first-order valence-corrected chi connectivity index (χ1v) is 9.51. The summed E-state index contributed by atoms with van der Waals surface area (Å²) in [5.41, 5.74) is 3.30. The van der Waals surface area contributed by atoms with E-state index in [4.69, 9.17) is 4.84 Å². The molecule has 2 aromatic carbocycles. The quantitative estimate of drug-likeness (QED) is 0.700. The third-order valence-corrected chi connectivity index (χ3v) is 5.42. The molecule has 0 unspecified atom stereocenters. The third-order valence-electron chi connectivity index (χ3n) is 4.40. The summed E-state index contributed by atoms with van der Waals surface area (Å²) in [4.78, 5) is 6.75. The van der Waals surface area contributed by atoms with Crippen molar-refractivity contribution >= 4 is 17.2 Å². The number of oxime groups is 1. The number of nitrogens with one attached hydrogen (secondary N) is 1. The Kier molecular flexibility index (Phi) is 5.00. The van der Waals surface area contributed by atoms with Crippen molar-refractivity contribution in [3.05, 3.63) is 82.6 Å². The van der Waals surface area contributed by atoms with Gasteiger partial charge in [0.15, 0.2) is 6.10 Å². The van der Waals surface area contributed by atoms with Gasteiger partial charge in [-0.05, 0) is 28.1 Å². The molecule has 1 aliphatic rings. The molecule has 1 aliphatic heterocycles. The summed E-state index contributed by atoms with van der Waals surface area (Å²) in [5, 5.41) is 19.7. The minimum atomic E-state index is -0.565. The van der Waals surface area contributed by atoms with Gasteiger partial charge in [-0.1, -0.05) is 65.8 Å². The predicted molar refractivity (Wildman–Crippen MR) is 105 cm³/mol. The van der Waals surface area contributed by atoms with Crippen molar-refractivity contribution in [2.75, 3.05) is 6.54 Å². The topological polar surface area (TPSA) is 53.8 Å². The summed E-state index contributed by atoms with van der Waals surface area (Å²) in [7, 11) is 0. The van der Waals surface area contributed by atoms with Crippen molar-refractivity contribution in [1.82, 2.24) is 5.32 Å². The summed E-state index contributed by atoms with van der Waals surface area (Å²) >= 11 is 1.69. The Labute approximate surface area is 156 Å². The minimum Gasteiger partial charge on any atom is -0.387 e. The van der Waals surface area contributed by atoms with E-state index < -0.39 is 6.10 Å². The molecule has 132 valence electrons. The molecule has 0 saturated heterocycles. The zero-order valence-corrected chi connectivity index (χ0v) is 15.0. The van der Waals surface area contributed by atoms with Gasteiger partial charge >= 0.3 is 0 Å². The molecule has 0 fully saturated rings. The molecule has 2 heterocycles. The second-order valence-corrected chi connectivity index (χ2v) is 7.19. The monoisotopic (exact) mass is 364 g/mol. The van der Waals surface area contributed by atoms with Crippen LogP contribution >= 0.6 is 11.3 Å². The van der Waals surface area contributed by atoms with Crippen LogP contribution in [0.4, 0.5) is 0 Å². The number of hydrogen-bond acceptors (Lipinski definition) is 5. The maximum absolute atomic E-state index is 10.2. The van der Waals surface area contributed by atoms with E-state index in [2.05, 4.69) is 34.1 Å². The number of aliphatic hydroxyl groups excluding tert-OH is 1. The molecule has 26 heavy (non-hydrogen) atoms. The van der Waals surface area contributed by atoms with Crippen molar-refractivity contribution in [2.24, 2.45) is 5.16 Å². The Morgan fingerprint density at radius 3 is 2.58 bits per heavy atom. The molecule has 0 bridgehead atoms. The van der Waals surface area contributed by atoms with Gasteiger partial charge in [0.1, 0.15) is 5.84 Å². The second-order valence-electron chi connectivity index (χ2n) is 6.25. The molecule has 4 nitrogen and oxygen atoms in total. The van der Waals surface area contributed by atoms with Crippen LogP contribution in [0.3, 0.4) is 0 Å². The van der Waals surface area contributed by atoms with Crippen LogP contribution in [0.2, 0.25) is 0 Å². The molecule has 4 rings (SSSR count). The van der Waals surface area contributed by atoms with E-state index in [-0.39, 0.29) is 6.10 Å². The average molecular weight is 364 g/mol. The van der Waals surface area contributed by atoms with E-state index >= 15 is 0 Å². The smallest absolute Gasteiger partial charge is 0.168 e. The van der Waals surface area contributed by atoms with E-state index in [1.807, 2.05) is 48.5 Å². The zero-order valence-electron chi connectivity index (χ0n) is 14.2. The van der Waals surface area contributed by atoms with Crippen LogP contribution in [-0.2, 0) is 4.84 Å². The normalized spacial score (nSPS) is 17.4. The lowest BCUT2D eigenvalue weighted by atomic mass is 10.1. The molecule has 1 aromatic heterocycles. The molecule has 3 aromatic rings. The maximum Gasteiger partial charge on any atom is 0.168 e. The van der Waals surface area contributed by atoms with Gasteiger partial charge < -0.3 is 15.3 Å². The van der Waals surface area contributed by atoms with Crippen LogP contribution in [0.25, 0.3) is 11.1 Å². The third kappa shape index (κ3) is 3.79. The molecule has 2 atom stereocenters. The number of rotatable bonds is 5. The Morgan fingerprint density at radius 1 is 1.08 bits per heavy atom.